The van der Waals surface area contributed by atoms with Gasteiger partial charge >= 0.3 is 59.1 Å². The van der Waals surface area contributed by atoms with E-state index in [4.69, 9.17) is 0 Å². The Hall–Kier alpha value is 0.280. The van der Waals surface area contributed by atoms with E-state index >= 15 is 0 Å². The predicted molar refractivity (Wildman–Crippen MR) is 38.8 cm³/mol. The van der Waals surface area contributed by atoms with Gasteiger partial charge in [0, 0.05) is 26.5 Å². The summed E-state index contributed by atoms with van der Waals surface area (Å²) in [6.45, 7) is 0. The zero-order chi connectivity index (χ0) is 9.98. The van der Waals surface area contributed by atoms with Crippen LogP contribution >= 0.6 is 0 Å². The standard InChI is InChI=1S/2C3H5NO2.2Na/c2*1-4-2-3(5)6;;/h2*2H,1H3,(H,5,6);;/q;;2*+1/p-2. The van der Waals surface area contributed by atoms with Crippen molar-refractivity contribution in [3.05, 3.63) is 0 Å². The van der Waals surface area contributed by atoms with Crippen LogP contribution in [0.4, 0.5) is 0 Å². The van der Waals surface area contributed by atoms with Gasteiger partial charge in [-0.3, -0.25) is 9.98 Å². The molecular weight excluding hydrogens is 210 g/mol. The Balaban J connectivity index is -0.0000000625. The maximum Gasteiger partial charge on any atom is 1.00 e. The summed E-state index contributed by atoms with van der Waals surface area (Å²) in [5.74, 6) is -2.50. The molecule has 0 atom stereocenters. The van der Waals surface area contributed by atoms with Gasteiger partial charge in [0.2, 0.25) is 0 Å². The summed E-state index contributed by atoms with van der Waals surface area (Å²) in [5.41, 5.74) is 0. The first-order valence-corrected chi connectivity index (χ1v) is 2.80. The molecule has 0 radical (unpaired) electrons. The summed E-state index contributed by atoms with van der Waals surface area (Å²) in [4.78, 5) is 25.0. The van der Waals surface area contributed by atoms with Crippen LogP contribution in [0.5, 0.6) is 0 Å². The number of aliphatic carboxylic acids is 2. The topological polar surface area (TPSA) is 105 Å². The van der Waals surface area contributed by atoms with E-state index in [1.807, 2.05) is 0 Å². The van der Waals surface area contributed by atoms with Crippen molar-refractivity contribution in [3.8, 4) is 0 Å². The fourth-order valence-corrected chi connectivity index (χ4v) is 0.211. The summed E-state index contributed by atoms with van der Waals surface area (Å²) in [6, 6.07) is 0. The van der Waals surface area contributed by atoms with Crippen molar-refractivity contribution in [2.45, 2.75) is 0 Å². The summed E-state index contributed by atoms with van der Waals surface area (Å²) in [7, 11) is 2.74. The van der Waals surface area contributed by atoms with Crippen molar-refractivity contribution < 1.29 is 78.9 Å². The van der Waals surface area contributed by atoms with E-state index < -0.39 is 11.9 Å². The molecule has 0 aromatic rings. The number of carbonyl (C=O) groups is 2. The molecule has 0 aliphatic heterocycles. The van der Waals surface area contributed by atoms with Crippen molar-refractivity contribution in [2.24, 2.45) is 9.98 Å². The van der Waals surface area contributed by atoms with Crippen molar-refractivity contribution in [3.63, 3.8) is 0 Å². The molecule has 0 heterocycles. The van der Waals surface area contributed by atoms with Gasteiger partial charge in [0.25, 0.3) is 0 Å². The minimum atomic E-state index is -1.25. The van der Waals surface area contributed by atoms with Gasteiger partial charge in [0.05, 0.1) is 11.9 Å². The van der Waals surface area contributed by atoms with Crippen molar-refractivity contribution in [2.75, 3.05) is 14.1 Å². The van der Waals surface area contributed by atoms with Crippen LogP contribution in [0.2, 0.25) is 0 Å². The predicted octanol–water partition coefficient (Wildman–Crippen LogP) is -9.12. The number of nitrogens with zero attached hydrogens (tertiary/aromatic N) is 2. The van der Waals surface area contributed by atoms with Crippen molar-refractivity contribution in [1.29, 1.82) is 0 Å². The third kappa shape index (κ3) is 39.6. The zero-order valence-electron chi connectivity index (χ0n) is 8.68. The van der Waals surface area contributed by atoms with Gasteiger partial charge in [-0.1, -0.05) is 0 Å². The van der Waals surface area contributed by atoms with E-state index in [-0.39, 0.29) is 59.1 Å². The maximum absolute atomic E-state index is 9.34. The third-order valence-electron chi connectivity index (χ3n) is 0.469. The smallest absolute Gasteiger partial charge is 0.544 e. The summed E-state index contributed by atoms with van der Waals surface area (Å²) < 4.78 is 0. The van der Waals surface area contributed by atoms with Crippen LogP contribution in [-0.2, 0) is 9.59 Å². The summed E-state index contributed by atoms with van der Waals surface area (Å²) >= 11 is 0. The largest absolute Gasteiger partial charge is 1.00 e. The summed E-state index contributed by atoms with van der Waals surface area (Å²) in [5, 5.41) is 18.7. The molecule has 0 N–H and O–H groups in total. The second-order valence-electron chi connectivity index (χ2n) is 1.41. The first-order chi connectivity index (χ1) is 5.54. The Labute approximate surface area is 126 Å². The van der Waals surface area contributed by atoms with Crippen LogP contribution in [0.3, 0.4) is 0 Å². The normalized spacial score (nSPS) is 8.14. The van der Waals surface area contributed by atoms with Gasteiger partial charge in [-0.25, -0.2) is 0 Å². The second-order valence-corrected chi connectivity index (χ2v) is 1.41. The average Bonchev–Trinajstić information content (AvgIpc) is 1.87. The third-order valence-corrected chi connectivity index (χ3v) is 0.469. The SMILES string of the molecule is CN=CC(=O)[O-].CN=CC(=O)[O-].[Na+].[Na+]. The molecule has 14 heavy (non-hydrogen) atoms. The maximum atomic E-state index is 9.34. The van der Waals surface area contributed by atoms with Crippen LogP contribution < -0.4 is 69.3 Å². The number of aliphatic imine (C=N–C) groups is 2. The molecule has 0 aliphatic carbocycles. The first kappa shape index (κ1) is 23.8. The van der Waals surface area contributed by atoms with Gasteiger partial charge in [0.1, 0.15) is 0 Å². The molecule has 0 amide bonds. The Bertz CT molecular complexity index is 184. The molecule has 8 heteroatoms. The fraction of sp³-hybridized carbons (Fsp3) is 0.333. The molecule has 0 saturated carbocycles. The Morgan fingerprint density at radius 2 is 1.14 bits per heavy atom. The van der Waals surface area contributed by atoms with E-state index in [1.54, 1.807) is 0 Å². The van der Waals surface area contributed by atoms with E-state index in [9.17, 15) is 19.8 Å². The first-order valence-electron chi connectivity index (χ1n) is 2.80. The van der Waals surface area contributed by atoms with Gasteiger partial charge in [-0.2, -0.15) is 0 Å². The molecule has 6 nitrogen and oxygen atoms in total. The van der Waals surface area contributed by atoms with E-state index in [0.29, 0.717) is 0 Å². The minimum Gasteiger partial charge on any atom is -0.544 e. The van der Waals surface area contributed by atoms with Gasteiger partial charge in [-0.15, -0.1) is 0 Å². The van der Waals surface area contributed by atoms with Crippen LogP contribution in [0.1, 0.15) is 0 Å². The number of hydrogen-bond acceptors (Lipinski definition) is 6. The number of rotatable bonds is 2. The molecule has 0 bridgehead atoms. The van der Waals surface area contributed by atoms with Crippen LogP contribution in [0.25, 0.3) is 0 Å². The van der Waals surface area contributed by atoms with Gasteiger partial charge < -0.3 is 19.8 Å². The molecular formula is C6H8N2Na2O4. The van der Waals surface area contributed by atoms with E-state index in [1.165, 1.54) is 14.1 Å². The average molecular weight is 218 g/mol. The molecule has 0 unspecified atom stereocenters. The van der Waals surface area contributed by atoms with Crippen molar-refractivity contribution in [1.82, 2.24) is 0 Å². The number of hydrogen-bond donors (Lipinski definition) is 0. The zero-order valence-corrected chi connectivity index (χ0v) is 12.7. The van der Waals surface area contributed by atoms with Crippen LogP contribution in [-0.4, -0.2) is 38.5 Å². The molecule has 68 valence electrons. The van der Waals surface area contributed by atoms with E-state index in [0.717, 1.165) is 12.4 Å². The minimum absolute atomic E-state index is 0. The molecule has 0 saturated heterocycles. The summed E-state index contributed by atoms with van der Waals surface area (Å²) in [6.07, 6.45) is 1.44. The quantitative estimate of drug-likeness (QED) is 0.339. The molecule has 0 rings (SSSR count). The monoisotopic (exact) mass is 218 g/mol. The van der Waals surface area contributed by atoms with Gasteiger partial charge in [-0.05, 0) is 0 Å². The number of carboxylic acid groups (broad SMARTS) is 2. The van der Waals surface area contributed by atoms with Crippen LogP contribution in [0, 0.1) is 0 Å². The Kier molecular flexibility index (Phi) is 32.3. The molecule has 0 aromatic carbocycles. The Morgan fingerprint density at radius 3 is 1.14 bits per heavy atom. The molecule has 0 fully saturated rings. The van der Waals surface area contributed by atoms with Crippen molar-refractivity contribution >= 4 is 24.4 Å². The van der Waals surface area contributed by atoms with E-state index in [2.05, 4.69) is 9.98 Å². The molecule has 0 aromatic heterocycles. The second kappa shape index (κ2) is 18.9. The Morgan fingerprint density at radius 1 is 0.929 bits per heavy atom. The number of carbonyl (C=O) groups excluding carboxylic acids is 2. The number of carboxylic acids is 2. The fourth-order valence-electron chi connectivity index (χ4n) is 0.211. The molecule has 0 spiro atoms. The van der Waals surface area contributed by atoms with Crippen LogP contribution in [0.15, 0.2) is 9.98 Å². The molecule has 0 aliphatic rings. The van der Waals surface area contributed by atoms with Gasteiger partial charge in [0.15, 0.2) is 0 Å².